The van der Waals surface area contributed by atoms with Gasteiger partial charge < -0.3 is 10.2 Å². The standard InChI is InChI=1S/C19H37N3/c1-3-18-9-5-7-13-22(18)19-14-20-11-10-17(19)15-21-12-6-4-8-16(21)2/h16-20H,3-15H2,1-2H3. The summed E-state index contributed by atoms with van der Waals surface area (Å²) in [5.74, 6) is 0.883. The van der Waals surface area contributed by atoms with Gasteiger partial charge in [0.1, 0.15) is 0 Å². The Bertz CT molecular complexity index is 333. The van der Waals surface area contributed by atoms with E-state index in [0.717, 1.165) is 24.0 Å². The summed E-state index contributed by atoms with van der Waals surface area (Å²) < 4.78 is 0. The number of hydrogen-bond acceptors (Lipinski definition) is 3. The predicted octanol–water partition coefficient (Wildman–Crippen LogP) is 3.10. The highest BCUT2D eigenvalue weighted by Crippen LogP contribution is 2.29. The lowest BCUT2D eigenvalue weighted by Gasteiger charge is -2.48. The van der Waals surface area contributed by atoms with E-state index < -0.39 is 0 Å². The summed E-state index contributed by atoms with van der Waals surface area (Å²) in [6, 6.07) is 2.45. The third-order valence-electron chi connectivity index (χ3n) is 6.57. The molecule has 0 aromatic rings. The van der Waals surface area contributed by atoms with E-state index in [-0.39, 0.29) is 0 Å². The van der Waals surface area contributed by atoms with Crippen molar-refractivity contribution in [2.75, 3.05) is 32.7 Å². The van der Waals surface area contributed by atoms with Crippen LogP contribution in [0, 0.1) is 5.92 Å². The predicted molar refractivity (Wildman–Crippen MR) is 94.3 cm³/mol. The third kappa shape index (κ3) is 3.85. The molecule has 3 saturated heterocycles. The van der Waals surface area contributed by atoms with Gasteiger partial charge in [-0.05, 0) is 71.0 Å². The second-order valence-electron chi connectivity index (χ2n) is 7.96. The number of rotatable bonds is 4. The molecule has 128 valence electrons. The van der Waals surface area contributed by atoms with Crippen molar-refractivity contribution in [3.63, 3.8) is 0 Å². The van der Waals surface area contributed by atoms with Crippen LogP contribution in [0.5, 0.6) is 0 Å². The van der Waals surface area contributed by atoms with Crippen molar-refractivity contribution in [3.8, 4) is 0 Å². The van der Waals surface area contributed by atoms with Crippen molar-refractivity contribution < 1.29 is 0 Å². The highest BCUT2D eigenvalue weighted by molar-refractivity contribution is 4.92. The topological polar surface area (TPSA) is 18.5 Å². The molecule has 0 radical (unpaired) electrons. The van der Waals surface area contributed by atoms with Gasteiger partial charge in [-0.2, -0.15) is 0 Å². The molecule has 1 N–H and O–H groups in total. The van der Waals surface area contributed by atoms with Crippen LogP contribution in [-0.2, 0) is 0 Å². The molecule has 3 nitrogen and oxygen atoms in total. The summed E-state index contributed by atoms with van der Waals surface area (Å²) >= 11 is 0. The van der Waals surface area contributed by atoms with E-state index in [0.29, 0.717) is 0 Å². The van der Waals surface area contributed by atoms with Gasteiger partial charge in [0, 0.05) is 31.2 Å². The molecule has 0 aliphatic carbocycles. The van der Waals surface area contributed by atoms with E-state index in [2.05, 4.69) is 29.0 Å². The van der Waals surface area contributed by atoms with Crippen molar-refractivity contribution in [1.29, 1.82) is 0 Å². The molecule has 0 spiro atoms. The fraction of sp³-hybridized carbons (Fsp3) is 1.00. The molecule has 3 aliphatic rings. The Morgan fingerprint density at radius 1 is 1.00 bits per heavy atom. The van der Waals surface area contributed by atoms with Crippen LogP contribution in [0.15, 0.2) is 0 Å². The van der Waals surface area contributed by atoms with E-state index in [9.17, 15) is 0 Å². The lowest BCUT2D eigenvalue weighted by molar-refractivity contribution is 0.0212. The molecule has 0 saturated carbocycles. The summed E-state index contributed by atoms with van der Waals surface area (Å²) in [6.45, 7) is 11.3. The van der Waals surface area contributed by atoms with Gasteiger partial charge in [0.25, 0.3) is 0 Å². The fourth-order valence-corrected chi connectivity index (χ4v) is 5.13. The Morgan fingerprint density at radius 2 is 1.82 bits per heavy atom. The molecule has 3 rings (SSSR count). The minimum absolute atomic E-state index is 0.785. The Kier molecular flexibility index (Phi) is 6.17. The van der Waals surface area contributed by atoms with Crippen LogP contribution in [0.3, 0.4) is 0 Å². The minimum Gasteiger partial charge on any atom is -0.315 e. The zero-order valence-corrected chi connectivity index (χ0v) is 14.9. The summed E-state index contributed by atoms with van der Waals surface area (Å²) in [6.07, 6.45) is 11.3. The number of hydrogen-bond donors (Lipinski definition) is 1. The van der Waals surface area contributed by atoms with Gasteiger partial charge in [-0.15, -0.1) is 0 Å². The Hall–Kier alpha value is -0.120. The second kappa shape index (κ2) is 8.12. The quantitative estimate of drug-likeness (QED) is 0.861. The minimum atomic E-state index is 0.785. The molecule has 4 unspecified atom stereocenters. The molecule has 3 fully saturated rings. The van der Waals surface area contributed by atoms with Crippen molar-refractivity contribution in [1.82, 2.24) is 15.1 Å². The second-order valence-corrected chi connectivity index (χ2v) is 7.96. The summed E-state index contributed by atoms with van der Waals surface area (Å²) in [4.78, 5) is 5.70. The first-order valence-electron chi connectivity index (χ1n) is 10.00. The summed E-state index contributed by atoms with van der Waals surface area (Å²) in [5.41, 5.74) is 0. The Balaban J connectivity index is 1.65. The third-order valence-corrected chi connectivity index (χ3v) is 6.57. The van der Waals surface area contributed by atoms with E-state index in [1.807, 2.05) is 0 Å². The molecule has 22 heavy (non-hydrogen) atoms. The first-order valence-corrected chi connectivity index (χ1v) is 10.00. The van der Waals surface area contributed by atoms with E-state index in [1.165, 1.54) is 84.1 Å². The number of nitrogens with one attached hydrogen (secondary N) is 1. The van der Waals surface area contributed by atoms with Gasteiger partial charge in [-0.3, -0.25) is 4.90 Å². The van der Waals surface area contributed by atoms with Crippen LogP contribution in [0.25, 0.3) is 0 Å². The molecular formula is C19H37N3. The lowest BCUT2D eigenvalue weighted by Crippen LogP contribution is -2.58. The molecule has 4 atom stereocenters. The van der Waals surface area contributed by atoms with Gasteiger partial charge in [0.2, 0.25) is 0 Å². The van der Waals surface area contributed by atoms with Crippen molar-refractivity contribution in [3.05, 3.63) is 0 Å². The largest absolute Gasteiger partial charge is 0.315 e. The van der Waals surface area contributed by atoms with Gasteiger partial charge in [0.15, 0.2) is 0 Å². The van der Waals surface area contributed by atoms with Crippen LogP contribution in [0.1, 0.15) is 65.2 Å². The van der Waals surface area contributed by atoms with Crippen molar-refractivity contribution >= 4 is 0 Å². The summed E-state index contributed by atoms with van der Waals surface area (Å²) in [5, 5.41) is 3.70. The first-order chi connectivity index (χ1) is 10.8. The lowest BCUT2D eigenvalue weighted by atomic mass is 9.86. The van der Waals surface area contributed by atoms with Gasteiger partial charge in [0.05, 0.1) is 0 Å². The van der Waals surface area contributed by atoms with Crippen LogP contribution in [-0.4, -0.2) is 60.6 Å². The molecular weight excluding hydrogens is 270 g/mol. The monoisotopic (exact) mass is 307 g/mol. The van der Waals surface area contributed by atoms with Crippen LogP contribution in [0.4, 0.5) is 0 Å². The molecule has 3 aliphatic heterocycles. The average molecular weight is 308 g/mol. The van der Waals surface area contributed by atoms with E-state index in [4.69, 9.17) is 0 Å². The normalized spacial score (nSPS) is 39.0. The Labute approximate surface area is 137 Å². The summed E-state index contributed by atoms with van der Waals surface area (Å²) in [7, 11) is 0. The smallest absolute Gasteiger partial charge is 0.0264 e. The van der Waals surface area contributed by atoms with Gasteiger partial charge in [-0.1, -0.05) is 19.8 Å². The molecule has 0 bridgehead atoms. The molecule has 0 amide bonds. The van der Waals surface area contributed by atoms with Gasteiger partial charge >= 0.3 is 0 Å². The maximum absolute atomic E-state index is 3.70. The highest BCUT2D eigenvalue weighted by Gasteiger charge is 2.36. The van der Waals surface area contributed by atoms with E-state index >= 15 is 0 Å². The average Bonchev–Trinajstić information content (AvgIpc) is 2.57. The van der Waals surface area contributed by atoms with Gasteiger partial charge in [-0.25, -0.2) is 0 Å². The zero-order valence-electron chi connectivity index (χ0n) is 14.9. The van der Waals surface area contributed by atoms with E-state index in [1.54, 1.807) is 0 Å². The number of likely N-dealkylation sites (tertiary alicyclic amines) is 2. The Morgan fingerprint density at radius 3 is 2.64 bits per heavy atom. The molecule has 0 aromatic heterocycles. The number of nitrogens with zero attached hydrogens (tertiary/aromatic N) is 2. The molecule has 0 aromatic carbocycles. The highest BCUT2D eigenvalue weighted by atomic mass is 15.2. The SMILES string of the molecule is CCC1CCCCN1C1CNCCC1CN1CCCCC1C. The zero-order chi connectivity index (χ0) is 15.4. The van der Waals surface area contributed by atoms with Crippen molar-refractivity contribution in [2.45, 2.75) is 83.3 Å². The fourth-order valence-electron chi connectivity index (χ4n) is 5.13. The maximum atomic E-state index is 3.70. The number of piperidine rings is 3. The van der Waals surface area contributed by atoms with Crippen LogP contribution >= 0.6 is 0 Å². The first kappa shape index (κ1) is 16.7. The van der Waals surface area contributed by atoms with Crippen LogP contribution < -0.4 is 5.32 Å². The van der Waals surface area contributed by atoms with Crippen LogP contribution in [0.2, 0.25) is 0 Å². The molecule has 3 heterocycles. The molecule has 3 heteroatoms. The van der Waals surface area contributed by atoms with Crippen molar-refractivity contribution in [2.24, 2.45) is 5.92 Å². The maximum Gasteiger partial charge on any atom is 0.0264 e.